The number of thioether (sulfide) groups is 1. The number of hydrogen-bond donors (Lipinski definition) is 5. The van der Waals surface area contributed by atoms with Gasteiger partial charge in [0.05, 0.1) is 23.3 Å². The molecular weight excluding hydrogens is 601 g/mol. The van der Waals surface area contributed by atoms with Gasteiger partial charge in [0.2, 0.25) is 16.2 Å². The van der Waals surface area contributed by atoms with Gasteiger partial charge in [0.1, 0.15) is 6.04 Å². The largest absolute Gasteiger partial charge is 0.394 e. The first-order valence-electron chi connectivity index (χ1n) is 14.6. The minimum absolute atomic E-state index is 0.0489. The molecule has 0 spiro atoms. The lowest BCUT2D eigenvalue weighted by molar-refractivity contribution is -0.127. The van der Waals surface area contributed by atoms with E-state index in [0.29, 0.717) is 23.6 Å². The lowest BCUT2D eigenvalue weighted by Crippen LogP contribution is -2.53. The molecule has 44 heavy (non-hydrogen) atoms. The van der Waals surface area contributed by atoms with Crippen LogP contribution in [-0.2, 0) is 19.9 Å². The van der Waals surface area contributed by atoms with E-state index in [1.54, 1.807) is 11.0 Å². The minimum Gasteiger partial charge on any atom is -0.394 e. The van der Waals surface area contributed by atoms with Crippen LogP contribution in [0.5, 0.6) is 0 Å². The van der Waals surface area contributed by atoms with Crippen molar-refractivity contribution in [3.8, 4) is 0 Å². The van der Waals surface area contributed by atoms with E-state index in [4.69, 9.17) is 5.11 Å². The third kappa shape index (κ3) is 8.39. The van der Waals surface area contributed by atoms with Gasteiger partial charge in [-0.25, -0.2) is 0 Å². The van der Waals surface area contributed by atoms with E-state index >= 15 is 0 Å². The van der Waals surface area contributed by atoms with E-state index < -0.39 is 28.0 Å². The molecule has 0 saturated heterocycles. The second kappa shape index (κ2) is 15.0. The number of hydrogen-bond acceptors (Lipinski definition) is 9. The highest BCUT2D eigenvalue weighted by Crippen LogP contribution is 2.36. The molecule has 1 aliphatic carbocycles. The van der Waals surface area contributed by atoms with Gasteiger partial charge in [-0.2, -0.15) is 8.42 Å². The number of carbonyl (C=O) groups is 2. The van der Waals surface area contributed by atoms with Crippen molar-refractivity contribution in [3.05, 3.63) is 71.8 Å². The molecule has 1 aliphatic heterocycles. The molecule has 2 atom stereocenters. The summed E-state index contributed by atoms with van der Waals surface area (Å²) in [5, 5.41) is 28.0. The van der Waals surface area contributed by atoms with Gasteiger partial charge in [-0.15, -0.1) is 11.8 Å². The van der Waals surface area contributed by atoms with Crippen molar-refractivity contribution in [3.63, 3.8) is 0 Å². The average molecular weight is 641 g/mol. The zero-order valence-corrected chi connectivity index (χ0v) is 26.8. The van der Waals surface area contributed by atoms with E-state index in [1.165, 1.54) is 11.8 Å². The van der Waals surface area contributed by atoms with Crippen LogP contribution in [0.1, 0.15) is 39.2 Å². The average Bonchev–Trinajstić information content (AvgIpc) is 3.12. The van der Waals surface area contributed by atoms with Crippen LogP contribution in [0, 0.1) is 0 Å². The van der Waals surface area contributed by atoms with Crippen molar-refractivity contribution in [2.75, 3.05) is 42.2 Å². The number of rotatable bonds is 12. The van der Waals surface area contributed by atoms with Crippen LogP contribution in [-0.4, -0.2) is 85.0 Å². The SMILES string of the molecule is CCNc1ccccc1C1=CC=C(CN2C(=O)[C@H](NC(=O)CC(C)(C)NC[C@H](O)CO)CSc3ccccc32)CC1=S(=O)=O. The zero-order chi connectivity index (χ0) is 31.9. The van der Waals surface area contributed by atoms with Crippen molar-refractivity contribution >= 4 is 55.7 Å². The predicted octanol–water partition coefficient (Wildman–Crippen LogP) is 2.62. The van der Waals surface area contributed by atoms with Crippen molar-refractivity contribution in [2.24, 2.45) is 0 Å². The first-order valence-corrected chi connectivity index (χ1v) is 16.6. The summed E-state index contributed by atoms with van der Waals surface area (Å²) in [5.74, 6) is -0.274. The Kier molecular flexibility index (Phi) is 11.4. The molecule has 0 fully saturated rings. The number of para-hydroxylation sites is 2. The maximum Gasteiger partial charge on any atom is 0.250 e. The van der Waals surface area contributed by atoms with E-state index in [9.17, 15) is 23.1 Å². The zero-order valence-electron chi connectivity index (χ0n) is 25.2. The fraction of sp³-hybridized carbons (Fsp3) is 0.406. The van der Waals surface area contributed by atoms with Gasteiger partial charge in [0.25, 0.3) is 5.91 Å². The van der Waals surface area contributed by atoms with Crippen LogP contribution in [0.3, 0.4) is 0 Å². The second-order valence-electron chi connectivity index (χ2n) is 11.4. The number of amides is 2. The maximum atomic E-state index is 14.0. The molecule has 12 heteroatoms. The number of allylic oxidation sites excluding steroid dienone is 3. The lowest BCUT2D eigenvalue weighted by Gasteiger charge is -2.30. The van der Waals surface area contributed by atoms with E-state index in [-0.39, 0.29) is 49.2 Å². The van der Waals surface area contributed by atoms with Crippen molar-refractivity contribution in [1.29, 1.82) is 0 Å². The number of β-amino-alcohol motifs (C(OH)–C–C–N with tert-alkyl or cyclic N) is 1. The molecule has 2 aromatic carbocycles. The Bertz CT molecular complexity index is 1580. The van der Waals surface area contributed by atoms with Crippen molar-refractivity contribution in [2.45, 2.75) is 56.2 Å². The Balaban J connectivity index is 1.59. The van der Waals surface area contributed by atoms with Gasteiger partial charge in [-0.1, -0.05) is 42.5 Å². The van der Waals surface area contributed by atoms with Gasteiger partial charge >= 0.3 is 0 Å². The summed E-state index contributed by atoms with van der Waals surface area (Å²) in [4.78, 5) is 29.9. The third-order valence-electron chi connectivity index (χ3n) is 7.41. The smallest absolute Gasteiger partial charge is 0.250 e. The predicted molar refractivity (Wildman–Crippen MR) is 176 cm³/mol. The molecule has 4 rings (SSSR count). The third-order valence-corrected chi connectivity index (χ3v) is 9.33. The molecule has 0 aromatic heterocycles. The molecular formula is C32H40N4O6S2. The number of nitrogens with one attached hydrogen (secondary N) is 3. The number of carbonyl (C=O) groups excluding carboxylic acids is 2. The molecule has 0 saturated carbocycles. The number of aliphatic hydroxyl groups excluding tert-OH is 2. The first-order chi connectivity index (χ1) is 21.0. The van der Waals surface area contributed by atoms with E-state index in [0.717, 1.165) is 21.7 Å². The topological polar surface area (TPSA) is 148 Å². The Labute approximate surface area is 264 Å². The van der Waals surface area contributed by atoms with Gasteiger partial charge < -0.3 is 31.1 Å². The molecule has 2 amide bonds. The summed E-state index contributed by atoms with van der Waals surface area (Å²) in [6.45, 7) is 6.18. The fourth-order valence-electron chi connectivity index (χ4n) is 5.21. The van der Waals surface area contributed by atoms with Crippen molar-refractivity contribution in [1.82, 2.24) is 10.6 Å². The second-order valence-corrected chi connectivity index (χ2v) is 13.4. The summed E-state index contributed by atoms with van der Waals surface area (Å²) in [7, 11) is -2.48. The van der Waals surface area contributed by atoms with Gasteiger partial charge in [0.15, 0.2) is 0 Å². The highest BCUT2D eigenvalue weighted by Gasteiger charge is 2.34. The number of anilines is 2. The molecule has 236 valence electrons. The van der Waals surface area contributed by atoms with Crippen LogP contribution < -0.4 is 20.9 Å². The Morgan fingerprint density at radius 1 is 1.14 bits per heavy atom. The van der Waals surface area contributed by atoms with Gasteiger partial charge in [-0.05, 0) is 44.5 Å². The summed E-state index contributed by atoms with van der Waals surface area (Å²) in [6.07, 6.45) is 2.94. The molecule has 5 N–H and O–H groups in total. The first kappa shape index (κ1) is 33.5. The highest BCUT2D eigenvalue weighted by atomic mass is 32.2. The standard InChI is InChI=1S/C32H40N4O6S2/c1-4-33-25-10-6-5-9-23(25)24-14-13-21(15-29(24)44(41)42)18-36-27-11-7-8-12-28(27)43-20-26(31(36)40)35-30(39)16-32(2,3)34-17-22(38)19-37/h5-14,22,26,33-34,37-38H,4,15-20H2,1-3H3,(H,35,39)/t22-,26+/m0/s1. The lowest BCUT2D eigenvalue weighted by atomic mass is 9.91. The number of nitrogens with zero attached hydrogens (tertiary/aromatic N) is 1. The molecule has 0 unspecified atom stereocenters. The highest BCUT2D eigenvalue weighted by molar-refractivity contribution is 7.99. The quantitative estimate of drug-likeness (QED) is 0.221. The number of benzene rings is 2. The Morgan fingerprint density at radius 2 is 1.86 bits per heavy atom. The molecule has 2 aromatic rings. The normalized spacial score (nSPS) is 17.7. The Morgan fingerprint density at radius 3 is 2.59 bits per heavy atom. The van der Waals surface area contributed by atoms with Crippen LogP contribution in [0.4, 0.5) is 11.4 Å². The molecule has 2 aliphatic rings. The molecule has 1 heterocycles. The fourth-order valence-corrected chi connectivity index (χ4v) is 6.94. The summed E-state index contributed by atoms with van der Waals surface area (Å²) >= 11 is 1.48. The molecule has 0 radical (unpaired) electrons. The van der Waals surface area contributed by atoms with Crippen LogP contribution in [0.15, 0.2) is 71.2 Å². The van der Waals surface area contributed by atoms with Crippen LogP contribution in [0.2, 0.25) is 0 Å². The summed E-state index contributed by atoms with van der Waals surface area (Å²) < 4.78 is 24.9. The van der Waals surface area contributed by atoms with Crippen molar-refractivity contribution < 1.29 is 28.2 Å². The van der Waals surface area contributed by atoms with Gasteiger partial charge in [-0.3, -0.25) is 9.59 Å². The summed E-state index contributed by atoms with van der Waals surface area (Å²) in [5.41, 5.74) is 3.02. The maximum absolute atomic E-state index is 14.0. The monoisotopic (exact) mass is 640 g/mol. The summed E-state index contributed by atoms with van der Waals surface area (Å²) in [6, 6.07) is 14.3. The number of fused-ring (bicyclic) bond motifs is 1. The van der Waals surface area contributed by atoms with E-state index in [2.05, 4.69) is 16.0 Å². The number of aliphatic hydroxyl groups is 2. The molecule has 10 nitrogen and oxygen atoms in total. The van der Waals surface area contributed by atoms with E-state index in [1.807, 2.05) is 75.4 Å². The van der Waals surface area contributed by atoms with Crippen LogP contribution >= 0.6 is 11.8 Å². The van der Waals surface area contributed by atoms with Gasteiger partial charge in [0, 0.05) is 65.5 Å². The van der Waals surface area contributed by atoms with Crippen LogP contribution in [0.25, 0.3) is 5.57 Å². The Hall–Kier alpha value is -3.42. The minimum atomic E-state index is -2.48. The molecule has 0 bridgehead atoms.